The zero-order valence-corrected chi connectivity index (χ0v) is 12.2. The molecule has 0 aliphatic heterocycles. The number of anilines is 1. The van der Waals surface area contributed by atoms with Crippen molar-refractivity contribution in [1.29, 1.82) is 0 Å². The molecule has 0 aliphatic carbocycles. The maximum Gasteiger partial charge on any atom is 0.260 e. The number of nitrogens with zero attached hydrogens (tertiary/aromatic N) is 2. The molecule has 7 heteroatoms. The SMILES string of the molecule is O=C(NCCNc1nc2ccccc2c(=O)[nH]1)c1cccnc1. The van der Waals surface area contributed by atoms with Crippen LogP contribution in [0.3, 0.4) is 0 Å². The summed E-state index contributed by atoms with van der Waals surface area (Å²) in [4.78, 5) is 34.6. The van der Waals surface area contributed by atoms with E-state index in [9.17, 15) is 9.59 Å². The zero-order valence-electron chi connectivity index (χ0n) is 12.2. The molecule has 0 saturated heterocycles. The molecule has 1 amide bonds. The van der Waals surface area contributed by atoms with Gasteiger partial charge in [0.2, 0.25) is 5.95 Å². The highest BCUT2D eigenvalue weighted by Gasteiger charge is 2.05. The van der Waals surface area contributed by atoms with Crippen LogP contribution in [-0.4, -0.2) is 33.9 Å². The van der Waals surface area contributed by atoms with Gasteiger partial charge in [-0.1, -0.05) is 12.1 Å². The maximum atomic E-state index is 11.9. The first-order valence-corrected chi connectivity index (χ1v) is 7.15. The standard InChI is InChI=1S/C16H15N5O2/c22-14(11-4-3-7-17-10-11)18-8-9-19-16-20-13-6-2-1-5-12(13)15(23)21-16/h1-7,10H,8-9H2,(H,18,22)(H2,19,20,21,23). The number of fused-ring (bicyclic) bond motifs is 1. The van der Waals surface area contributed by atoms with Gasteiger partial charge in [-0.2, -0.15) is 0 Å². The van der Waals surface area contributed by atoms with Crippen LogP contribution in [0.1, 0.15) is 10.4 Å². The van der Waals surface area contributed by atoms with Crippen molar-refractivity contribution in [3.05, 3.63) is 64.7 Å². The predicted molar refractivity (Wildman–Crippen MR) is 87.4 cm³/mol. The third-order valence-electron chi connectivity index (χ3n) is 3.24. The van der Waals surface area contributed by atoms with E-state index in [-0.39, 0.29) is 11.5 Å². The molecule has 0 bridgehead atoms. The first kappa shape index (κ1) is 14.7. The second-order valence-electron chi connectivity index (χ2n) is 4.86. The van der Waals surface area contributed by atoms with Crippen LogP contribution >= 0.6 is 0 Å². The average Bonchev–Trinajstić information content (AvgIpc) is 2.59. The van der Waals surface area contributed by atoms with Gasteiger partial charge in [0.05, 0.1) is 16.5 Å². The van der Waals surface area contributed by atoms with Gasteiger partial charge in [0, 0.05) is 25.5 Å². The fourth-order valence-electron chi connectivity index (χ4n) is 2.13. The lowest BCUT2D eigenvalue weighted by molar-refractivity contribution is 0.0955. The summed E-state index contributed by atoms with van der Waals surface area (Å²) in [5, 5.41) is 6.29. The highest BCUT2D eigenvalue weighted by atomic mass is 16.1. The number of H-pyrrole nitrogens is 1. The topological polar surface area (TPSA) is 99.8 Å². The van der Waals surface area contributed by atoms with Crippen molar-refractivity contribution in [1.82, 2.24) is 20.3 Å². The van der Waals surface area contributed by atoms with Crippen LogP contribution in [0, 0.1) is 0 Å². The fourth-order valence-corrected chi connectivity index (χ4v) is 2.13. The summed E-state index contributed by atoms with van der Waals surface area (Å²) in [6.07, 6.45) is 3.12. The smallest absolute Gasteiger partial charge is 0.260 e. The number of benzene rings is 1. The lowest BCUT2D eigenvalue weighted by Gasteiger charge is -2.07. The monoisotopic (exact) mass is 309 g/mol. The van der Waals surface area contributed by atoms with Crippen LogP contribution in [0.25, 0.3) is 10.9 Å². The fraction of sp³-hybridized carbons (Fsp3) is 0.125. The Morgan fingerprint density at radius 2 is 2.00 bits per heavy atom. The second kappa shape index (κ2) is 6.69. The van der Waals surface area contributed by atoms with E-state index in [4.69, 9.17) is 0 Å². The molecule has 1 aromatic carbocycles. The number of hydrogen-bond donors (Lipinski definition) is 3. The number of carbonyl (C=O) groups is 1. The Morgan fingerprint density at radius 1 is 1.13 bits per heavy atom. The van der Waals surface area contributed by atoms with E-state index in [1.165, 1.54) is 6.20 Å². The lowest BCUT2D eigenvalue weighted by Crippen LogP contribution is -2.29. The maximum absolute atomic E-state index is 11.9. The van der Waals surface area contributed by atoms with Crippen LogP contribution in [0.4, 0.5) is 5.95 Å². The average molecular weight is 309 g/mol. The van der Waals surface area contributed by atoms with Crippen LogP contribution in [0.15, 0.2) is 53.6 Å². The van der Waals surface area contributed by atoms with E-state index in [0.717, 1.165) is 0 Å². The van der Waals surface area contributed by atoms with Crippen molar-refractivity contribution in [2.75, 3.05) is 18.4 Å². The van der Waals surface area contributed by atoms with Gasteiger partial charge in [0.1, 0.15) is 0 Å². The molecule has 3 aromatic rings. The molecule has 0 saturated carbocycles. The van der Waals surface area contributed by atoms with Gasteiger partial charge in [-0.25, -0.2) is 4.98 Å². The summed E-state index contributed by atoms with van der Waals surface area (Å²) >= 11 is 0. The Balaban J connectivity index is 1.57. The number of pyridine rings is 1. The van der Waals surface area contributed by atoms with Gasteiger partial charge < -0.3 is 10.6 Å². The molecule has 2 aromatic heterocycles. The summed E-state index contributed by atoms with van der Waals surface area (Å²) in [6.45, 7) is 0.831. The van der Waals surface area contributed by atoms with Crippen molar-refractivity contribution in [2.24, 2.45) is 0 Å². The molecule has 7 nitrogen and oxygen atoms in total. The largest absolute Gasteiger partial charge is 0.354 e. The Morgan fingerprint density at radius 3 is 2.83 bits per heavy atom. The van der Waals surface area contributed by atoms with Crippen LogP contribution in [0.2, 0.25) is 0 Å². The van der Waals surface area contributed by atoms with Crippen molar-refractivity contribution in [3.63, 3.8) is 0 Å². The number of amides is 1. The molecular weight excluding hydrogens is 294 g/mol. The van der Waals surface area contributed by atoms with Gasteiger partial charge in [0.25, 0.3) is 11.5 Å². The Kier molecular flexibility index (Phi) is 4.28. The molecule has 0 spiro atoms. The van der Waals surface area contributed by atoms with Crippen molar-refractivity contribution < 1.29 is 4.79 Å². The van der Waals surface area contributed by atoms with E-state index < -0.39 is 0 Å². The van der Waals surface area contributed by atoms with E-state index in [2.05, 4.69) is 25.6 Å². The lowest BCUT2D eigenvalue weighted by atomic mass is 10.2. The van der Waals surface area contributed by atoms with Gasteiger partial charge in [-0.15, -0.1) is 0 Å². The van der Waals surface area contributed by atoms with Gasteiger partial charge in [-0.05, 0) is 24.3 Å². The predicted octanol–water partition coefficient (Wildman–Crippen LogP) is 1.16. The zero-order chi connectivity index (χ0) is 16.1. The molecule has 3 N–H and O–H groups in total. The minimum Gasteiger partial charge on any atom is -0.354 e. The minimum absolute atomic E-state index is 0.195. The number of aromatic amines is 1. The van der Waals surface area contributed by atoms with Gasteiger partial charge in [0.15, 0.2) is 0 Å². The summed E-state index contributed by atoms with van der Waals surface area (Å²) in [7, 11) is 0. The molecule has 0 unspecified atom stereocenters. The van der Waals surface area contributed by atoms with E-state index >= 15 is 0 Å². The van der Waals surface area contributed by atoms with Crippen LogP contribution in [-0.2, 0) is 0 Å². The van der Waals surface area contributed by atoms with Crippen molar-refractivity contribution in [2.45, 2.75) is 0 Å². The molecule has 2 heterocycles. The number of para-hydroxylation sites is 1. The number of hydrogen-bond acceptors (Lipinski definition) is 5. The molecule has 0 fully saturated rings. The summed E-state index contributed by atoms with van der Waals surface area (Å²) < 4.78 is 0. The molecule has 0 atom stereocenters. The van der Waals surface area contributed by atoms with Crippen molar-refractivity contribution >= 4 is 22.8 Å². The molecule has 0 aliphatic rings. The number of rotatable bonds is 5. The Hall–Kier alpha value is -3.22. The van der Waals surface area contributed by atoms with Crippen LogP contribution in [0.5, 0.6) is 0 Å². The molecule has 0 radical (unpaired) electrons. The number of aromatic nitrogens is 3. The first-order valence-electron chi connectivity index (χ1n) is 7.15. The quantitative estimate of drug-likeness (QED) is 0.614. The highest BCUT2D eigenvalue weighted by molar-refractivity contribution is 5.93. The third kappa shape index (κ3) is 3.52. The van der Waals surface area contributed by atoms with Gasteiger partial charge >= 0.3 is 0 Å². The molecule has 23 heavy (non-hydrogen) atoms. The Labute approximate surface area is 131 Å². The molecular formula is C16H15N5O2. The first-order chi connectivity index (χ1) is 11.2. The normalized spacial score (nSPS) is 10.4. The molecule has 3 rings (SSSR count). The number of carbonyl (C=O) groups excluding carboxylic acids is 1. The van der Waals surface area contributed by atoms with Crippen LogP contribution < -0.4 is 16.2 Å². The van der Waals surface area contributed by atoms with E-state index in [1.54, 1.807) is 36.5 Å². The van der Waals surface area contributed by atoms with Gasteiger partial charge in [-0.3, -0.25) is 19.6 Å². The van der Waals surface area contributed by atoms with Crippen molar-refractivity contribution in [3.8, 4) is 0 Å². The summed E-state index contributed by atoms with van der Waals surface area (Å²) in [5.74, 6) is 0.184. The summed E-state index contributed by atoms with van der Waals surface area (Å²) in [6, 6.07) is 10.5. The highest BCUT2D eigenvalue weighted by Crippen LogP contribution is 2.07. The second-order valence-corrected chi connectivity index (χ2v) is 4.86. The Bertz CT molecular complexity index is 876. The van der Waals surface area contributed by atoms with E-state index in [1.807, 2.05) is 6.07 Å². The third-order valence-corrected chi connectivity index (χ3v) is 3.24. The summed E-state index contributed by atoms with van der Waals surface area (Å²) in [5.41, 5.74) is 0.931. The molecule has 116 valence electrons. The minimum atomic E-state index is -0.197. The van der Waals surface area contributed by atoms with E-state index in [0.29, 0.717) is 35.5 Å². The number of nitrogens with one attached hydrogen (secondary N) is 3.